The maximum absolute atomic E-state index is 12.9. The van der Waals surface area contributed by atoms with Gasteiger partial charge in [-0.05, 0) is 29.5 Å². The fourth-order valence-electron chi connectivity index (χ4n) is 4.52. The zero-order valence-corrected chi connectivity index (χ0v) is 17.6. The van der Waals surface area contributed by atoms with Crippen LogP contribution in [-0.2, 0) is 12.7 Å². The van der Waals surface area contributed by atoms with Crippen LogP contribution in [0.2, 0.25) is 0 Å². The lowest BCUT2D eigenvalue weighted by Gasteiger charge is -2.15. The first-order valence-electron chi connectivity index (χ1n) is 10.6. The van der Waals surface area contributed by atoms with Gasteiger partial charge in [0.25, 0.3) is 5.89 Å². The van der Waals surface area contributed by atoms with Crippen molar-refractivity contribution < 1.29 is 17.6 Å². The predicted molar refractivity (Wildman–Crippen MR) is 112 cm³/mol. The molecule has 1 aromatic carbocycles. The fourth-order valence-corrected chi connectivity index (χ4v) is 4.52. The number of aromatic amines is 1. The van der Waals surface area contributed by atoms with Crippen LogP contribution in [0.3, 0.4) is 0 Å². The molecule has 4 heterocycles. The van der Waals surface area contributed by atoms with Crippen molar-refractivity contribution in [2.24, 2.45) is 11.8 Å². The Morgan fingerprint density at radius 1 is 1.09 bits per heavy atom. The van der Waals surface area contributed by atoms with Gasteiger partial charge in [0, 0.05) is 37.9 Å². The minimum atomic E-state index is -4.38. The molecule has 1 aliphatic heterocycles. The van der Waals surface area contributed by atoms with Crippen LogP contribution in [0.25, 0.3) is 11.5 Å². The van der Waals surface area contributed by atoms with E-state index in [4.69, 9.17) is 4.42 Å². The first-order chi connectivity index (χ1) is 16.5. The van der Waals surface area contributed by atoms with Gasteiger partial charge in [-0.2, -0.15) is 28.6 Å². The molecule has 3 aromatic heterocycles. The molecule has 1 aliphatic carbocycles. The summed E-state index contributed by atoms with van der Waals surface area (Å²) < 4.78 is 44.4. The van der Waals surface area contributed by atoms with Gasteiger partial charge in [-0.3, -0.25) is 0 Å². The quantitative estimate of drug-likeness (QED) is 0.439. The van der Waals surface area contributed by atoms with E-state index >= 15 is 0 Å². The van der Waals surface area contributed by atoms with Gasteiger partial charge in [0.15, 0.2) is 0 Å². The second-order valence-electron chi connectivity index (χ2n) is 8.39. The van der Waals surface area contributed by atoms with E-state index in [1.165, 1.54) is 18.5 Å². The molecule has 2 fully saturated rings. The number of nitrogens with zero attached hydrogens (tertiary/aromatic N) is 7. The third-order valence-corrected chi connectivity index (χ3v) is 6.26. The van der Waals surface area contributed by atoms with Crippen molar-refractivity contribution in [3.63, 3.8) is 0 Å². The van der Waals surface area contributed by atoms with Gasteiger partial charge in [-0.15, -0.1) is 5.10 Å². The number of aromatic nitrogens is 7. The lowest BCUT2D eigenvalue weighted by Crippen LogP contribution is -2.23. The highest BCUT2D eigenvalue weighted by Crippen LogP contribution is 2.58. The van der Waals surface area contributed by atoms with Gasteiger partial charge in [0.05, 0.1) is 23.0 Å². The van der Waals surface area contributed by atoms with Crippen LogP contribution in [0.15, 0.2) is 47.3 Å². The van der Waals surface area contributed by atoms with E-state index in [1.807, 2.05) is 0 Å². The molecule has 0 amide bonds. The van der Waals surface area contributed by atoms with Crippen LogP contribution >= 0.6 is 0 Å². The third kappa shape index (κ3) is 3.82. The van der Waals surface area contributed by atoms with Gasteiger partial charge >= 0.3 is 12.2 Å². The molecule has 0 bridgehead atoms. The van der Waals surface area contributed by atoms with Crippen molar-refractivity contribution in [1.82, 2.24) is 35.6 Å². The number of rotatable bonds is 6. The minimum absolute atomic E-state index is 0.153. The maximum atomic E-state index is 12.9. The molecule has 2 N–H and O–H groups in total. The predicted octanol–water partition coefficient (Wildman–Crippen LogP) is 3.13. The zero-order valence-electron chi connectivity index (χ0n) is 17.6. The monoisotopic (exact) mass is 469 g/mol. The summed E-state index contributed by atoms with van der Waals surface area (Å²) in [6.07, 6.45) is 0.448. The summed E-state index contributed by atoms with van der Waals surface area (Å²) in [5, 5.41) is 21.9. The van der Waals surface area contributed by atoms with Gasteiger partial charge in [-0.25, -0.2) is 9.97 Å². The van der Waals surface area contributed by atoms with Crippen molar-refractivity contribution >= 4 is 12.0 Å². The Kier molecular flexibility index (Phi) is 4.71. The molecule has 6 rings (SSSR count). The standard InChI is InChI=1S/C21H18F3N9O/c22-21(23,24)13-3-1-2-11(4-13)5-25-19-26-6-12(7-27-19)18-30-31-20(34-18)33-9-14-15(10-33)17(14)16-8-28-32-29-16/h1-4,6-8,14-15,17H,5,9-10H2,(H,25,26,27)(H,28,29,32)/t14-,15+,17?. The fraction of sp³-hybridized carbons (Fsp3) is 0.333. The van der Waals surface area contributed by atoms with Gasteiger partial charge in [0.1, 0.15) is 0 Å². The Morgan fingerprint density at radius 3 is 2.59 bits per heavy atom. The average Bonchev–Trinajstić information content (AvgIpc) is 3.37. The van der Waals surface area contributed by atoms with Crippen molar-refractivity contribution in [1.29, 1.82) is 0 Å². The Balaban J connectivity index is 1.06. The first-order valence-corrected chi connectivity index (χ1v) is 10.6. The van der Waals surface area contributed by atoms with Crippen LogP contribution in [0, 0.1) is 11.8 Å². The number of halogens is 3. The van der Waals surface area contributed by atoms with Crippen LogP contribution in [0.4, 0.5) is 25.1 Å². The summed E-state index contributed by atoms with van der Waals surface area (Å²) >= 11 is 0. The topological polar surface area (TPSA) is 122 Å². The number of alkyl halides is 3. The van der Waals surface area contributed by atoms with Gasteiger partial charge < -0.3 is 14.6 Å². The molecule has 4 aromatic rings. The number of H-pyrrole nitrogens is 1. The number of piperidine rings is 1. The molecule has 3 atom stereocenters. The third-order valence-electron chi connectivity index (χ3n) is 6.26. The average molecular weight is 469 g/mol. The van der Waals surface area contributed by atoms with E-state index < -0.39 is 11.7 Å². The Morgan fingerprint density at radius 2 is 1.88 bits per heavy atom. The van der Waals surface area contributed by atoms with Crippen molar-refractivity contribution in [3.05, 3.63) is 59.7 Å². The molecular formula is C21H18F3N9O. The van der Waals surface area contributed by atoms with Crippen molar-refractivity contribution in [2.75, 3.05) is 23.3 Å². The van der Waals surface area contributed by atoms with E-state index in [2.05, 4.69) is 45.8 Å². The molecule has 174 valence electrons. The number of hydrogen-bond donors (Lipinski definition) is 2. The summed E-state index contributed by atoms with van der Waals surface area (Å²) in [7, 11) is 0. The number of anilines is 2. The molecule has 10 nitrogen and oxygen atoms in total. The summed E-state index contributed by atoms with van der Waals surface area (Å²) in [6, 6.07) is 5.56. The first kappa shape index (κ1) is 20.6. The van der Waals surface area contributed by atoms with Gasteiger partial charge in [-0.1, -0.05) is 17.2 Å². The van der Waals surface area contributed by atoms with Gasteiger partial charge in [0.2, 0.25) is 5.95 Å². The molecule has 2 aliphatic rings. The van der Waals surface area contributed by atoms with E-state index in [1.54, 1.807) is 12.3 Å². The molecule has 1 saturated carbocycles. The van der Waals surface area contributed by atoms with Crippen LogP contribution in [0.5, 0.6) is 0 Å². The van der Waals surface area contributed by atoms with Crippen LogP contribution < -0.4 is 10.2 Å². The van der Waals surface area contributed by atoms with Crippen molar-refractivity contribution in [3.8, 4) is 11.5 Å². The van der Waals surface area contributed by atoms with E-state index in [-0.39, 0.29) is 12.5 Å². The molecule has 1 saturated heterocycles. The molecule has 0 spiro atoms. The number of hydrogen-bond acceptors (Lipinski definition) is 9. The van der Waals surface area contributed by atoms with Crippen LogP contribution in [-0.4, -0.2) is 48.7 Å². The smallest absolute Gasteiger partial charge is 0.403 e. The number of fused-ring (bicyclic) bond motifs is 1. The molecule has 0 radical (unpaired) electrons. The summed E-state index contributed by atoms with van der Waals surface area (Å²) in [5.74, 6) is 2.02. The maximum Gasteiger partial charge on any atom is 0.416 e. The van der Waals surface area contributed by atoms with Crippen LogP contribution in [0.1, 0.15) is 22.7 Å². The second-order valence-corrected chi connectivity index (χ2v) is 8.39. The normalized spacial score (nSPS) is 21.5. The molecule has 1 unspecified atom stereocenters. The van der Waals surface area contributed by atoms with E-state index in [9.17, 15) is 13.2 Å². The lowest BCUT2D eigenvalue weighted by molar-refractivity contribution is -0.137. The van der Waals surface area contributed by atoms with E-state index in [0.29, 0.717) is 40.8 Å². The largest absolute Gasteiger partial charge is 0.416 e. The van der Waals surface area contributed by atoms with Crippen molar-refractivity contribution in [2.45, 2.75) is 18.6 Å². The Bertz CT molecular complexity index is 1280. The zero-order chi connectivity index (χ0) is 23.3. The minimum Gasteiger partial charge on any atom is -0.403 e. The number of nitrogens with one attached hydrogen (secondary N) is 2. The molecular weight excluding hydrogens is 451 g/mol. The summed E-state index contributed by atoms with van der Waals surface area (Å²) in [4.78, 5) is 10.5. The highest BCUT2D eigenvalue weighted by molar-refractivity contribution is 5.52. The summed E-state index contributed by atoms with van der Waals surface area (Å²) in [6.45, 7) is 1.79. The molecule has 34 heavy (non-hydrogen) atoms. The SMILES string of the molecule is FC(F)(F)c1cccc(CNc2ncc(-c3nnc(N4C[C@@H]5C(c6cn[nH]n6)[C@@H]5C4)o3)cn2)c1. The highest BCUT2D eigenvalue weighted by atomic mass is 19.4. The highest BCUT2D eigenvalue weighted by Gasteiger charge is 2.58. The van der Waals surface area contributed by atoms with E-state index in [0.717, 1.165) is 30.9 Å². The second kappa shape index (κ2) is 7.78. The Hall–Kier alpha value is -4.03. The molecule has 13 heteroatoms. The summed E-state index contributed by atoms with van der Waals surface area (Å²) in [5.41, 5.74) is 1.32. The number of benzene rings is 1. The lowest BCUT2D eigenvalue weighted by atomic mass is 10.1. The Labute approximate surface area is 190 Å².